The molecule has 0 aliphatic carbocycles. The van der Waals surface area contributed by atoms with Gasteiger partial charge in [0, 0.05) is 41.5 Å². The van der Waals surface area contributed by atoms with Gasteiger partial charge >= 0.3 is 0 Å². The van der Waals surface area contributed by atoms with Crippen molar-refractivity contribution in [3.8, 4) is 33.8 Å². The summed E-state index contributed by atoms with van der Waals surface area (Å²) in [5, 5.41) is 5.98. The van der Waals surface area contributed by atoms with Crippen molar-refractivity contribution >= 4 is 22.5 Å². The molecule has 0 atom stereocenters. The molecule has 1 N–H and O–H groups in total. The maximum atomic E-state index is 14.3. The minimum atomic E-state index is -0.349. The van der Waals surface area contributed by atoms with Crippen LogP contribution in [-0.2, 0) is 7.05 Å². The smallest absolute Gasteiger partial charge is 0.134 e. The molecule has 3 aromatic heterocycles. The van der Waals surface area contributed by atoms with Crippen LogP contribution in [0.5, 0.6) is 0 Å². The summed E-state index contributed by atoms with van der Waals surface area (Å²) in [7, 11) is 1.92. The van der Waals surface area contributed by atoms with E-state index in [-0.39, 0.29) is 5.82 Å². The number of aromatic amines is 1. The molecule has 0 spiro atoms. The topological polar surface area (TPSA) is 46.5 Å². The molecule has 142 valence electrons. The Labute approximate surface area is 171 Å². The van der Waals surface area contributed by atoms with E-state index in [0.717, 1.165) is 33.4 Å². The average Bonchev–Trinajstić information content (AvgIpc) is 3.31. The Balaban J connectivity index is 1.59. The summed E-state index contributed by atoms with van der Waals surface area (Å²) in [6, 6.07) is 18.6. The van der Waals surface area contributed by atoms with Crippen LogP contribution in [0.4, 0.5) is 4.39 Å². The van der Waals surface area contributed by atoms with Crippen molar-refractivity contribution in [3.63, 3.8) is 0 Å². The van der Waals surface area contributed by atoms with E-state index in [0.29, 0.717) is 16.3 Å². The van der Waals surface area contributed by atoms with Crippen LogP contribution >= 0.6 is 11.6 Å². The maximum Gasteiger partial charge on any atom is 0.134 e. The first kappa shape index (κ1) is 17.6. The number of benzene rings is 2. The maximum absolute atomic E-state index is 14.3. The highest BCUT2D eigenvalue weighted by molar-refractivity contribution is 6.33. The SMILES string of the molecule is Cn1nc(-c2ccncc2)cc1-c1ccc2[nH]c(-c3c(F)cccc3Cl)cc2c1. The van der Waals surface area contributed by atoms with Gasteiger partial charge in [0.25, 0.3) is 0 Å². The van der Waals surface area contributed by atoms with Gasteiger partial charge in [-0.15, -0.1) is 0 Å². The standard InChI is InChI=1S/C23H16ClFN4/c1-29-22(13-20(28-29)14-7-9-26-10-8-14)15-5-6-19-16(11-15)12-21(27-19)23-17(24)3-2-4-18(23)25/h2-13,27H,1H3. The molecule has 0 radical (unpaired) electrons. The Morgan fingerprint density at radius 3 is 2.59 bits per heavy atom. The van der Waals surface area contributed by atoms with Gasteiger partial charge in [-0.3, -0.25) is 9.67 Å². The van der Waals surface area contributed by atoms with Gasteiger partial charge < -0.3 is 4.98 Å². The molecule has 0 aliphatic heterocycles. The van der Waals surface area contributed by atoms with Crippen molar-refractivity contribution in [2.24, 2.45) is 7.05 Å². The molecule has 0 bridgehead atoms. The zero-order chi connectivity index (χ0) is 20.0. The quantitative estimate of drug-likeness (QED) is 0.397. The van der Waals surface area contributed by atoms with Crippen LogP contribution in [0.2, 0.25) is 5.02 Å². The number of aryl methyl sites for hydroxylation is 1. The number of nitrogens with one attached hydrogen (secondary N) is 1. The molecule has 2 aromatic carbocycles. The molecule has 4 nitrogen and oxygen atoms in total. The van der Waals surface area contributed by atoms with Crippen LogP contribution in [0.25, 0.3) is 44.7 Å². The molecule has 0 saturated carbocycles. The van der Waals surface area contributed by atoms with E-state index >= 15 is 0 Å². The fraction of sp³-hybridized carbons (Fsp3) is 0.0435. The zero-order valence-corrected chi connectivity index (χ0v) is 16.3. The van der Waals surface area contributed by atoms with E-state index < -0.39 is 0 Å². The van der Waals surface area contributed by atoms with Gasteiger partial charge in [-0.2, -0.15) is 5.10 Å². The third-order valence-electron chi connectivity index (χ3n) is 5.00. The summed E-state index contributed by atoms with van der Waals surface area (Å²) in [4.78, 5) is 7.32. The van der Waals surface area contributed by atoms with E-state index in [1.165, 1.54) is 6.07 Å². The van der Waals surface area contributed by atoms with Crippen molar-refractivity contribution in [1.29, 1.82) is 0 Å². The number of aromatic nitrogens is 4. The molecule has 3 heterocycles. The van der Waals surface area contributed by atoms with Crippen molar-refractivity contribution < 1.29 is 4.39 Å². The van der Waals surface area contributed by atoms with Gasteiger partial charge in [-0.25, -0.2) is 4.39 Å². The number of H-pyrrole nitrogens is 1. The van der Waals surface area contributed by atoms with Crippen molar-refractivity contribution in [1.82, 2.24) is 19.7 Å². The van der Waals surface area contributed by atoms with Gasteiger partial charge in [0.1, 0.15) is 5.82 Å². The summed E-state index contributed by atoms with van der Waals surface area (Å²) in [5.74, 6) is -0.349. The number of halogens is 2. The minimum Gasteiger partial charge on any atom is -0.354 e. The van der Waals surface area contributed by atoms with Crippen LogP contribution in [0.15, 0.2) is 73.1 Å². The highest BCUT2D eigenvalue weighted by Gasteiger charge is 2.14. The Morgan fingerprint density at radius 2 is 1.79 bits per heavy atom. The summed E-state index contributed by atoms with van der Waals surface area (Å²) in [6.45, 7) is 0. The molecular formula is C23H16ClFN4. The number of hydrogen-bond donors (Lipinski definition) is 1. The van der Waals surface area contributed by atoms with Gasteiger partial charge in [0.2, 0.25) is 0 Å². The molecule has 0 aliphatic rings. The normalized spacial score (nSPS) is 11.3. The lowest BCUT2D eigenvalue weighted by Gasteiger charge is -2.02. The third-order valence-corrected chi connectivity index (χ3v) is 5.32. The molecule has 0 saturated heterocycles. The second-order valence-corrected chi connectivity index (χ2v) is 7.26. The first-order valence-electron chi connectivity index (χ1n) is 9.12. The number of hydrogen-bond acceptors (Lipinski definition) is 2. The Hall–Kier alpha value is -3.44. The number of fused-ring (bicyclic) bond motifs is 1. The summed E-state index contributed by atoms with van der Waals surface area (Å²) in [5.41, 5.74) is 5.87. The highest BCUT2D eigenvalue weighted by atomic mass is 35.5. The fourth-order valence-electron chi connectivity index (χ4n) is 3.58. The Kier molecular flexibility index (Phi) is 4.18. The van der Waals surface area contributed by atoms with Crippen molar-refractivity contribution in [2.75, 3.05) is 0 Å². The fourth-order valence-corrected chi connectivity index (χ4v) is 3.85. The predicted octanol–water partition coefficient (Wildman–Crippen LogP) is 6.09. The first-order valence-corrected chi connectivity index (χ1v) is 9.50. The molecule has 29 heavy (non-hydrogen) atoms. The van der Waals surface area contributed by atoms with Crippen molar-refractivity contribution in [2.45, 2.75) is 0 Å². The molecule has 6 heteroatoms. The van der Waals surface area contributed by atoms with E-state index in [1.54, 1.807) is 24.5 Å². The molecule has 5 aromatic rings. The van der Waals surface area contributed by atoms with E-state index in [2.05, 4.69) is 27.2 Å². The Bertz CT molecular complexity index is 1320. The average molecular weight is 403 g/mol. The largest absolute Gasteiger partial charge is 0.354 e. The highest BCUT2D eigenvalue weighted by Crippen LogP contribution is 2.34. The number of pyridine rings is 1. The molecule has 0 fully saturated rings. The van der Waals surface area contributed by atoms with Crippen LogP contribution in [0.3, 0.4) is 0 Å². The molecule has 0 amide bonds. The van der Waals surface area contributed by atoms with Gasteiger partial charge in [0.15, 0.2) is 0 Å². The van der Waals surface area contributed by atoms with Crippen LogP contribution in [-0.4, -0.2) is 19.7 Å². The number of nitrogens with zero attached hydrogens (tertiary/aromatic N) is 3. The van der Waals surface area contributed by atoms with Gasteiger partial charge in [-0.1, -0.05) is 23.7 Å². The monoisotopic (exact) mass is 402 g/mol. The first-order chi connectivity index (χ1) is 14.1. The lowest BCUT2D eigenvalue weighted by molar-refractivity contribution is 0.631. The number of rotatable bonds is 3. The van der Waals surface area contributed by atoms with Crippen LogP contribution in [0.1, 0.15) is 0 Å². The van der Waals surface area contributed by atoms with Crippen LogP contribution < -0.4 is 0 Å². The summed E-state index contributed by atoms with van der Waals surface area (Å²) >= 11 is 6.22. The second-order valence-electron chi connectivity index (χ2n) is 6.86. The van der Waals surface area contributed by atoms with Gasteiger partial charge in [0.05, 0.1) is 27.7 Å². The summed E-state index contributed by atoms with van der Waals surface area (Å²) < 4.78 is 16.2. The minimum absolute atomic E-state index is 0.349. The van der Waals surface area contributed by atoms with E-state index in [1.807, 2.05) is 42.1 Å². The second kappa shape index (κ2) is 6.87. The molecule has 5 rings (SSSR count). The van der Waals surface area contributed by atoms with E-state index in [4.69, 9.17) is 11.6 Å². The lowest BCUT2D eigenvalue weighted by atomic mass is 10.1. The van der Waals surface area contributed by atoms with Crippen LogP contribution in [0, 0.1) is 5.82 Å². The van der Waals surface area contributed by atoms with Crippen molar-refractivity contribution in [3.05, 3.63) is 83.9 Å². The molecule has 0 unspecified atom stereocenters. The molecular weight excluding hydrogens is 387 g/mol. The Morgan fingerprint density at radius 1 is 0.966 bits per heavy atom. The lowest BCUT2D eigenvalue weighted by Crippen LogP contribution is -1.93. The predicted molar refractivity (Wildman–Crippen MR) is 114 cm³/mol. The zero-order valence-electron chi connectivity index (χ0n) is 15.5. The van der Waals surface area contributed by atoms with Gasteiger partial charge in [-0.05, 0) is 48.5 Å². The third kappa shape index (κ3) is 3.09. The summed E-state index contributed by atoms with van der Waals surface area (Å²) in [6.07, 6.45) is 3.51. The van der Waals surface area contributed by atoms with E-state index in [9.17, 15) is 4.39 Å².